The molecule has 1 aliphatic rings. The van der Waals surface area contributed by atoms with Crippen molar-refractivity contribution in [1.29, 1.82) is 0 Å². The molecule has 1 heterocycles. The van der Waals surface area contributed by atoms with Crippen LogP contribution < -0.4 is 10.2 Å². The number of nitrogens with one attached hydrogen (secondary N) is 1. The number of carbonyl (C=O) groups excluding carboxylic acids is 1. The first-order valence-corrected chi connectivity index (χ1v) is 8.84. The number of amides is 2. The van der Waals surface area contributed by atoms with Crippen molar-refractivity contribution in [2.45, 2.75) is 6.54 Å². The van der Waals surface area contributed by atoms with E-state index in [9.17, 15) is 4.79 Å². The molecule has 0 atom stereocenters. The Bertz CT molecular complexity index is 841. The van der Waals surface area contributed by atoms with Crippen LogP contribution in [0.3, 0.4) is 0 Å². The third-order valence-electron chi connectivity index (χ3n) is 4.57. The molecule has 0 aromatic heterocycles. The summed E-state index contributed by atoms with van der Waals surface area (Å²) in [5.41, 5.74) is 3.98. The average Bonchev–Trinajstić information content (AvgIpc) is 2.92. The highest BCUT2D eigenvalue weighted by molar-refractivity contribution is 5.99. The summed E-state index contributed by atoms with van der Waals surface area (Å²) >= 11 is 0. The van der Waals surface area contributed by atoms with Gasteiger partial charge in [0.2, 0.25) is 0 Å². The second-order valence-electron chi connectivity index (χ2n) is 6.29. The molecule has 1 aliphatic heterocycles. The van der Waals surface area contributed by atoms with E-state index in [1.807, 2.05) is 77.7 Å². The predicted molar refractivity (Wildman–Crippen MR) is 106 cm³/mol. The number of hydrogen-bond acceptors (Lipinski definition) is 2. The van der Waals surface area contributed by atoms with Crippen molar-refractivity contribution in [3.63, 3.8) is 0 Å². The van der Waals surface area contributed by atoms with Gasteiger partial charge in [-0.15, -0.1) is 0 Å². The van der Waals surface area contributed by atoms with Crippen molar-refractivity contribution in [2.75, 3.05) is 23.3 Å². The quantitative estimate of drug-likeness (QED) is 0.720. The first kappa shape index (κ1) is 16.2. The smallest absolute Gasteiger partial charge is 0.329 e. The minimum absolute atomic E-state index is 0.0131. The molecule has 2 amide bonds. The van der Waals surface area contributed by atoms with Crippen LogP contribution in [0.4, 0.5) is 21.9 Å². The van der Waals surface area contributed by atoms with Crippen LogP contribution in [0.2, 0.25) is 0 Å². The second-order valence-corrected chi connectivity index (χ2v) is 6.29. The third-order valence-corrected chi connectivity index (χ3v) is 4.57. The number of anilines is 3. The van der Waals surface area contributed by atoms with Gasteiger partial charge in [0, 0.05) is 25.3 Å². The van der Waals surface area contributed by atoms with Crippen LogP contribution in [0, 0.1) is 0 Å². The summed E-state index contributed by atoms with van der Waals surface area (Å²) < 4.78 is 0. The van der Waals surface area contributed by atoms with E-state index in [0.29, 0.717) is 13.1 Å². The van der Waals surface area contributed by atoms with Crippen LogP contribution in [0.15, 0.2) is 84.9 Å². The maximum absolute atomic E-state index is 13.5. The average molecular weight is 343 g/mol. The summed E-state index contributed by atoms with van der Waals surface area (Å²) in [5, 5.41) is 3.42. The summed E-state index contributed by atoms with van der Waals surface area (Å²) in [6, 6.07) is 27.8. The number of urea groups is 1. The lowest BCUT2D eigenvalue weighted by Crippen LogP contribution is -2.41. The van der Waals surface area contributed by atoms with E-state index in [2.05, 4.69) is 17.4 Å². The van der Waals surface area contributed by atoms with Crippen LogP contribution in [-0.4, -0.2) is 24.0 Å². The van der Waals surface area contributed by atoms with Crippen LogP contribution in [0.25, 0.3) is 0 Å². The van der Waals surface area contributed by atoms with Gasteiger partial charge in [-0.25, -0.2) is 4.79 Å². The van der Waals surface area contributed by atoms with Crippen LogP contribution >= 0.6 is 0 Å². The minimum Gasteiger partial charge on any atom is -0.383 e. The Morgan fingerprint density at radius 1 is 0.808 bits per heavy atom. The Balaban J connectivity index is 1.69. The van der Waals surface area contributed by atoms with Gasteiger partial charge in [0.05, 0.1) is 11.4 Å². The number of para-hydroxylation sites is 3. The van der Waals surface area contributed by atoms with Crippen LogP contribution in [0.1, 0.15) is 5.56 Å². The molecule has 130 valence electrons. The van der Waals surface area contributed by atoms with Crippen molar-refractivity contribution in [3.05, 3.63) is 90.5 Å². The maximum atomic E-state index is 13.5. The van der Waals surface area contributed by atoms with Crippen LogP contribution in [0.5, 0.6) is 0 Å². The molecule has 0 unspecified atom stereocenters. The molecule has 0 saturated carbocycles. The molecule has 1 N–H and O–H groups in total. The Labute approximate surface area is 153 Å². The SMILES string of the molecule is O=C(N1CCNc2ccccc2C1)N(c1ccccc1)c1ccccc1. The number of hydrogen-bond donors (Lipinski definition) is 1. The summed E-state index contributed by atoms with van der Waals surface area (Å²) in [4.78, 5) is 17.2. The van der Waals surface area contributed by atoms with Gasteiger partial charge in [0.15, 0.2) is 0 Å². The molecular formula is C22H21N3O. The van der Waals surface area contributed by atoms with Gasteiger partial charge in [-0.2, -0.15) is 0 Å². The molecule has 0 radical (unpaired) electrons. The van der Waals surface area contributed by atoms with Gasteiger partial charge < -0.3 is 10.2 Å². The van der Waals surface area contributed by atoms with Gasteiger partial charge in [0.25, 0.3) is 0 Å². The highest BCUT2D eigenvalue weighted by atomic mass is 16.2. The fourth-order valence-corrected chi connectivity index (χ4v) is 3.27. The van der Waals surface area contributed by atoms with E-state index in [4.69, 9.17) is 0 Å². The monoisotopic (exact) mass is 343 g/mol. The van der Waals surface area contributed by atoms with Crippen molar-refractivity contribution < 1.29 is 4.79 Å². The second kappa shape index (κ2) is 7.31. The normalized spacial score (nSPS) is 13.3. The number of carbonyl (C=O) groups is 1. The van der Waals surface area contributed by atoms with E-state index in [1.54, 1.807) is 4.90 Å². The molecule has 4 heteroatoms. The molecule has 26 heavy (non-hydrogen) atoms. The molecule has 0 fully saturated rings. The highest BCUT2D eigenvalue weighted by Gasteiger charge is 2.25. The van der Waals surface area contributed by atoms with E-state index in [0.717, 1.165) is 29.2 Å². The number of benzene rings is 3. The lowest BCUT2D eigenvalue weighted by atomic mass is 10.1. The first-order valence-electron chi connectivity index (χ1n) is 8.84. The predicted octanol–water partition coefficient (Wildman–Crippen LogP) is 4.87. The summed E-state index contributed by atoms with van der Waals surface area (Å²) in [6.07, 6.45) is 0. The molecule has 0 spiro atoms. The lowest BCUT2D eigenvalue weighted by Gasteiger charge is -2.30. The maximum Gasteiger partial charge on any atom is 0.329 e. The Morgan fingerprint density at radius 2 is 1.38 bits per heavy atom. The summed E-state index contributed by atoms with van der Waals surface area (Å²) in [7, 11) is 0. The zero-order chi connectivity index (χ0) is 17.8. The molecule has 0 saturated heterocycles. The molecular weight excluding hydrogens is 322 g/mol. The number of fused-ring (bicyclic) bond motifs is 1. The molecule has 3 aromatic carbocycles. The Morgan fingerprint density at radius 3 is 2.04 bits per heavy atom. The zero-order valence-corrected chi connectivity index (χ0v) is 14.5. The molecule has 4 nitrogen and oxygen atoms in total. The zero-order valence-electron chi connectivity index (χ0n) is 14.5. The van der Waals surface area contributed by atoms with E-state index < -0.39 is 0 Å². The fraction of sp³-hybridized carbons (Fsp3) is 0.136. The van der Waals surface area contributed by atoms with Crippen molar-refractivity contribution in [1.82, 2.24) is 4.90 Å². The molecule has 4 rings (SSSR count). The molecule has 0 aliphatic carbocycles. The lowest BCUT2D eigenvalue weighted by molar-refractivity contribution is 0.207. The summed E-state index contributed by atoms with van der Waals surface area (Å²) in [6.45, 7) is 1.99. The minimum atomic E-state index is -0.0131. The van der Waals surface area contributed by atoms with Crippen LogP contribution in [-0.2, 0) is 6.54 Å². The molecule has 0 bridgehead atoms. The number of nitrogens with zero attached hydrogens (tertiary/aromatic N) is 2. The van der Waals surface area contributed by atoms with Gasteiger partial charge in [-0.3, -0.25) is 4.90 Å². The Hall–Kier alpha value is -3.27. The number of rotatable bonds is 2. The van der Waals surface area contributed by atoms with E-state index >= 15 is 0 Å². The standard InChI is InChI=1S/C22H21N3O/c26-22(24-16-15-23-21-14-8-7-9-18(21)17-24)25(19-10-3-1-4-11-19)20-12-5-2-6-13-20/h1-14,23H,15-17H2. The topological polar surface area (TPSA) is 35.6 Å². The van der Waals surface area contributed by atoms with Gasteiger partial charge >= 0.3 is 6.03 Å². The van der Waals surface area contributed by atoms with Crippen molar-refractivity contribution >= 4 is 23.1 Å². The molecule has 3 aromatic rings. The van der Waals surface area contributed by atoms with Gasteiger partial charge in [0.1, 0.15) is 0 Å². The van der Waals surface area contributed by atoms with E-state index in [1.165, 1.54) is 0 Å². The summed E-state index contributed by atoms with van der Waals surface area (Å²) in [5.74, 6) is 0. The largest absolute Gasteiger partial charge is 0.383 e. The van der Waals surface area contributed by atoms with Crippen molar-refractivity contribution in [2.24, 2.45) is 0 Å². The van der Waals surface area contributed by atoms with Gasteiger partial charge in [-0.1, -0.05) is 54.6 Å². The highest BCUT2D eigenvalue weighted by Crippen LogP contribution is 2.28. The van der Waals surface area contributed by atoms with Gasteiger partial charge in [-0.05, 0) is 35.9 Å². The van der Waals surface area contributed by atoms with Crippen molar-refractivity contribution in [3.8, 4) is 0 Å². The third kappa shape index (κ3) is 3.26. The Kier molecular flexibility index (Phi) is 4.56. The first-order chi connectivity index (χ1) is 12.8. The fourth-order valence-electron chi connectivity index (χ4n) is 3.27. The van der Waals surface area contributed by atoms with E-state index in [-0.39, 0.29) is 6.03 Å².